The molecular formula is C13H24ClNO. The van der Waals surface area contributed by atoms with Crippen LogP contribution in [0, 0.1) is 5.92 Å². The van der Waals surface area contributed by atoms with Crippen molar-refractivity contribution in [1.82, 2.24) is 5.32 Å². The molecule has 1 aliphatic rings. The average molecular weight is 246 g/mol. The van der Waals surface area contributed by atoms with Crippen molar-refractivity contribution in [3.8, 4) is 0 Å². The number of carbonyl (C=O) groups is 1. The molecular weight excluding hydrogens is 222 g/mol. The molecule has 1 N–H and O–H groups in total. The van der Waals surface area contributed by atoms with E-state index in [0.717, 1.165) is 25.7 Å². The minimum absolute atomic E-state index is 0.112. The molecule has 1 saturated carbocycles. The highest BCUT2D eigenvalue weighted by Gasteiger charge is 2.33. The van der Waals surface area contributed by atoms with Gasteiger partial charge in [0.1, 0.15) is 0 Å². The highest BCUT2D eigenvalue weighted by Crippen LogP contribution is 2.29. The molecule has 1 amide bonds. The summed E-state index contributed by atoms with van der Waals surface area (Å²) in [5.41, 5.74) is -0.112. The Morgan fingerprint density at radius 2 is 1.81 bits per heavy atom. The van der Waals surface area contributed by atoms with Gasteiger partial charge in [-0.1, -0.05) is 33.1 Å². The summed E-state index contributed by atoms with van der Waals surface area (Å²) < 4.78 is 0. The monoisotopic (exact) mass is 245 g/mol. The summed E-state index contributed by atoms with van der Waals surface area (Å²) in [6, 6.07) is 0. The lowest BCUT2D eigenvalue weighted by molar-refractivity contribution is -0.127. The van der Waals surface area contributed by atoms with E-state index in [1.54, 1.807) is 0 Å². The number of carbonyl (C=O) groups excluding carboxylic acids is 1. The van der Waals surface area contributed by atoms with E-state index in [2.05, 4.69) is 19.2 Å². The number of hydrogen-bond donors (Lipinski definition) is 1. The minimum atomic E-state index is -0.112. The van der Waals surface area contributed by atoms with Gasteiger partial charge in [0, 0.05) is 11.8 Å². The van der Waals surface area contributed by atoms with Gasteiger partial charge in [-0.25, -0.2) is 0 Å². The Kier molecular flexibility index (Phi) is 5.60. The van der Waals surface area contributed by atoms with Crippen LogP contribution in [0.4, 0.5) is 0 Å². The second kappa shape index (κ2) is 6.48. The van der Waals surface area contributed by atoms with E-state index in [4.69, 9.17) is 11.6 Å². The second-order valence-electron chi connectivity index (χ2n) is 4.98. The number of hydrogen-bond acceptors (Lipinski definition) is 1. The SMILES string of the molecule is CCC(CC)C(=O)NC1(CCl)CCCCC1. The van der Waals surface area contributed by atoms with Gasteiger partial charge >= 0.3 is 0 Å². The molecule has 1 aliphatic carbocycles. The Balaban J connectivity index is 2.57. The van der Waals surface area contributed by atoms with Crippen molar-refractivity contribution >= 4 is 17.5 Å². The third kappa shape index (κ3) is 3.38. The lowest BCUT2D eigenvalue weighted by Gasteiger charge is -2.37. The first-order valence-electron chi connectivity index (χ1n) is 6.55. The molecule has 0 unspecified atom stereocenters. The Bertz CT molecular complexity index is 220. The Labute approximate surface area is 104 Å². The molecule has 16 heavy (non-hydrogen) atoms. The predicted molar refractivity (Wildman–Crippen MR) is 68.8 cm³/mol. The van der Waals surface area contributed by atoms with Gasteiger partial charge in [0.15, 0.2) is 0 Å². The van der Waals surface area contributed by atoms with Gasteiger partial charge in [0.2, 0.25) is 5.91 Å². The maximum absolute atomic E-state index is 12.1. The normalized spacial score (nSPS) is 19.8. The molecule has 0 heterocycles. The first-order valence-corrected chi connectivity index (χ1v) is 7.09. The quantitative estimate of drug-likeness (QED) is 0.739. The van der Waals surface area contributed by atoms with Crippen molar-refractivity contribution in [3.63, 3.8) is 0 Å². The van der Waals surface area contributed by atoms with E-state index in [1.165, 1.54) is 19.3 Å². The van der Waals surface area contributed by atoms with Crippen LogP contribution in [-0.2, 0) is 4.79 Å². The fourth-order valence-electron chi connectivity index (χ4n) is 2.54. The smallest absolute Gasteiger partial charge is 0.223 e. The summed E-state index contributed by atoms with van der Waals surface area (Å²) >= 11 is 6.06. The topological polar surface area (TPSA) is 29.1 Å². The van der Waals surface area contributed by atoms with Crippen LogP contribution in [0.15, 0.2) is 0 Å². The Morgan fingerprint density at radius 3 is 2.25 bits per heavy atom. The maximum Gasteiger partial charge on any atom is 0.223 e. The van der Waals surface area contributed by atoms with Crippen LogP contribution in [0.1, 0.15) is 58.8 Å². The molecule has 0 aromatic carbocycles. The average Bonchev–Trinajstić information content (AvgIpc) is 2.32. The van der Waals surface area contributed by atoms with Crippen molar-refractivity contribution in [2.45, 2.75) is 64.3 Å². The van der Waals surface area contributed by atoms with Crippen molar-refractivity contribution in [2.24, 2.45) is 5.92 Å². The Hall–Kier alpha value is -0.240. The lowest BCUT2D eigenvalue weighted by atomic mass is 9.82. The fraction of sp³-hybridized carbons (Fsp3) is 0.923. The van der Waals surface area contributed by atoms with Crippen LogP contribution in [0.25, 0.3) is 0 Å². The molecule has 94 valence electrons. The molecule has 0 atom stereocenters. The van der Waals surface area contributed by atoms with E-state index in [-0.39, 0.29) is 17.4 Å². The van der Waals surface area contributed by atoms with Crippen LogP contribution in [0.3, 0.4) is 0 Å². The summed E-state index contributed by atoms with van der Waals surface area (Å²) in [7, 11) is 0. The molecule has 0 aromatic heterocycles. The van der Waals surface area contributed by atoms with E-state index >= 15 is 0 Å². The number of alkyl halides is 1. The van der Waals surface area contributed by atoms with Crippen LogP contribution < -0.4 is 5.32 Å². The summed E-state index contributed by atoms with van der Waals surface area (Å²) in [6.07, 6.45) is 7.58. The van der Waals surface area contributed by atoms with Gasteiger partial charge in [-0.15, -0.1) is 11.6 Å². The lowest BCUT2D eigenvalue weighted by Crippen LogP contribution is -2.52. The summed E-state index contributed by atoms with van der Waals surface area (Å²) in [5, 5.41) is 3.21. The minimum Gasteiger partial charge on any atom is -0.349 e. The highest BCUT2D eigenvalue weighted by molar-refractivity contribution is 6.18. The molecule has 1 fully saturated rings. The van der Waals surface area contributed by atoms with Crippen LogP contribution in [0.2, 0.25) is 0 Å². The molecule has 0 spiro atoms. The van der Waals surface area contributed by atoms with Gasteiger partial charge in [-0.05, 0) is 25.7 Å². The van der Waals surface area contributed by atoms with Gasteiger partial charge in [-0.2, -0.15) is 0 Å². The molecule has 0 saturated heterocycles. The third-order valence-corrected chi connectivity index (χ3v) is 4.32. The number of nitrogens with one attached hydrogen (secondary N) is 1. The van der Waals surface area contributed by atoms with Crippen molar-refractivity contribution in [3.05, 3.63) is 0 Å². The molecule has 0 aliphatic heterocycles. The predicted octanol–water partition coefficient (Wildman–Crippen LogP) is 3.48. The molecule has 2 nitrogen and oxygen atoms in total. The third-order valence-electron chi connectivity index (χ3n) is 3.81. The van der Waals surface area contributed by atoms with E-state index in [1.807, 2.05) is 0 Å². The summed E-state index contributed by atoms with van der Waals surface area (Å²) in [5.74, 6) is 0.911. The second-order valence-corrected chi connectivity index (χ2v) is 5.24. The first kappa shape index (κ1) is 13.8. The largest absolute Gasteiger partial charge is 0.349 e. The standard InChI is InChI=1S/C13H24ClNO/c1-3-11(4-2)12(16)15-13(10-14)8-6-5-7-9-13/h11H,3-10H2,1-2H3,(H,15,16). The maximum atomic E-state index is 12.1. The van der Waals surface area contributed by atoms with Crippen LogP contribution in [-0.4, -0.2) is 17.3 Å². The van der Waals surface area contributed by atoms with E-state index < -0.39 is 0 Å². The molecule has 1 rings (SSSR count). The zero-order valence-corrected chi connectivity index (χ0v) is 11.3. The molecule has 0 aromatic rings. The first-order chi connectivity index (χ1) is 7.67. The van der Waals surface area contributed by atoms with Crippen molar-refractivity contribution in [2.75, 3.05) is 5.88 Å². The van der Waals surface area contributed by atoms with Crippen LogP contribution >= 0.6 is 11.6 Å². The van der Waals surface area contributed by atoms with Gasteiger partial charge in [0.25, 0.3) is 0 Å². The van der Waals surface area contributed by atoms with Gasteiger partial charge in [-0.3, -0.25) is 4.79 Å². The van der Waals surface area contributed by atoms with Crippen molar-refractivity contribution < 1.29 is 4.79 Å². The molecule has 0 radical (unpaired) electrons. The summed E-state index contributed by atoms with van der Waals surface area (Å²) in [6.45, 7) is 4.14. The number of halogens is 1. The zero-order valence-electron chi connectivity index (χ0n) is 10.5. The molecule has 3 heteroatoms. The van der Waals surface area contributed by atoms with E-state index in [0.29, 0.717) is 5.88 Å². The zero-order chi connectivity index (χ0) is 12.0. The molecule has 0 bridgehead atoms. The van der Waals surface area contributed by atoms with Gasteiger partial charge < -0.3 is 5.32 Å². The number of rotatable bonds is 5. The fourth-order valence-corrected chi connectivity index (χ4v) is 2.88. The van der Waals surface area contributed by atoms with Crippen LogP contribution in [0.5, 0.6) is 0 Å². The summed E-state index contributed by atoms with van der Waals surface area (Å²) in [4.78, 5) is 12.1. The number of amides is 1. The highest BCUT2D eigenvalue weighted by atomic mass is 35.5. The Morgan fingerprint density at radius 1 is 1.25 bits per heavy atom. The van der Waals surface area contributed by atoms with E-state index in [9.17, 15) is 4.79 Å². The van der Waals surface area contributed by atoms with Gasteiger partial charge in [0.05, 0.1) is 5.54 Å². The van der Waals surface area contributed by atoms with Crippen molar-refractivity contribution in [1.29, 1.82) is 0 Å².